The molecule has 2 atom stereocenters. The molecule has 2 aromatic rings. The number of aromatic nitrogens is 1. The number of pyridine rings is 1. The molecule has 1 aliphatic carbocycles. The van der Waals surface area contributed by atoms with Crippen LogP contribution in [0.1, 0.15) is 32.1 Å². The van der Waals surface area contributed by atoms with E-state index in [4.69, 9.17) is 4.98 Å². The minimum absolute atomic E-state index is 0.145. The minimum Gasteiger partial charge on any atom is -0.371 e. The molecule has 0 radical (unpaired) electrons. The van der Waals surface area contributed by atoms with Crippen molar-refractivity contribution < 1.29 is 4.39 Å². The Balaban J connectivity index is 1.24. The highest BCUT2D eigenvalue weighted by molar-refractivity contribution is 5.58. The van der Waals surface area contributed by atoms with Crippen molar-refractivity contribution in [1.29, 1.82) is 0 Å². The molecule has 1 saturated carbocycles. The van der Waals surface area contributed by atoms with Gasteiger partial charge in [0, 0.05) is 49.8 Å². The van der Waals surface area contributed by atoms with Gasteiger partial charge in [-0.1, -0.05) is 6.07 Å². The SMILES string of the molecule is Fc1cccc(N2CCC[C@@H]3[C@H]2CCN3c2cc(N3CC4CC(C4)C3)ccn2)c1. The Bertz CT molecular complexity index is 886. The number of anilines is 3. The van der Waals surface area contributed by atoms with Gasteiger partial charge in [-0.15, -0.1) is 0 Å². The normalized spacial score (nSPS) is 30.9. The predicted octanol–water partition coefficient (Wildman–Crippen LogP) is 4.31. The fourth-order valence-electron chi connectivity index (χ4n) is 6.29. The Morgan fingerprint density at radius 3 is 2.52 bits per heavy atom. The van der Waals surface area contributed by atoms with Gasteiger partial charge in [0.15, 0.2) is 0 Å². The summed E-state index contributed by atoms with van der Waals surface area (Å²) in [6.45, 7) is 4.46. The molecule has 1 aromatic carbocycles. The molecule has 29 heavy (non-hydrogen) atoms. The predicted molar refractivity (Wildman–Crippen MR) is 115 cm³/mol. The summed E-state index contributed by atoms with van der Waals surface area (Å²) in [6.07, 6.45) is 8.30. The maximum atomic E-state index is 13.8. The van der Waals surface area contributed by atoms with Crippen LogP contribution in [-0.2, 0) is 0 Å². The summed E-state index contributed by atoms with van der Waals surface area (Å²) < 4.78 is 13.8. The molecule has 152 valence electrons. The number of fused-ring (bicyclic) bond motifs is 3. The zero-order valence-electron chi connectivity index (χ0n) is 16.9. The molecule has 1 aromatic heterocycles. The van der Waals surface area contributed by atoms with Gasteiger partial charge >= 0.3 is 0 Å². The van der Waals surface area contributed by atoms with Crippen LogP contribution in [0.3, 0.4) is 0 Å². The summed E-state index contributed by atoms with van der Waals surface area (Å²) in [6, 6.07) is 12.5. The lowest BCUT2D eigenvalue weighted by molar-refractivity contribution is 0.159. The van der Waals surface area contributed by atoms with Gasteiger partial charge in [-0.2, -0.15) is 0 Å². The lowest BCUT2D eigenvalue weighted by Gasteiger charge is -2.48. The number of benzene rings is 1. The molecular weight excluding hydrogens is 363 g/mol. The monoisotopic (exact) mass is 392 g/mol. The highest BCUT2D eigenvalue weighted by Gasteiger charge is 2.41. The first-order valence-electron chi connectivity index (χ1n) is 11.2. The number of hydrogen-bond donors (Lipinski definition) is 0. The quantitative estimate of drug-likeness (QED) is 0.776. The van der Waals surface area contributed by atoms with Gasteiger partial charge in [0.25, 0.3) is 0 Å². The molecule has 0 unspecified atom stereocenters. The van der Waals surface area contributed by atoms with E-state index in [-0.39, 0.29) is 5.82 Å². The molecular formula is C24H29FN4. The van der Waals surface area contributed by atoms with Crippen molar-refractivity contribution in [3.05, 3.63) is 48.4 Å². The van der Waals surface area contributed by atoms with Crippen molar-refractivity contribution in [3.8, 4) is 0 Å². The van der Waals surface area contributed by atoms with Crippen LogP contribution >= 0.6 is 0 Å². The Hall–Kier alpha value is -2.30. The van der Waals surface area contributed by atoms with Crippen LogP contribution in [0, 0.1) is 17.7 Å². The van der Waals surface area contributed by atoms with E-state index >= 15 is 0 Å². The summed E-state index contributed by atoms with van der Waals surface area (Å²) in [7, 11) is 0. The molecule has 0 N–H and O–H groups in total. The van der Waals surface area contributed by atoms with Gasteiger partial charge in [-0.3, -0.25) is 0 Å². The molecule has 0 amide bonds. The number of halogens is 1. The molecule has 4 nitrogen and oxygen atoms in total. The third-order valence-corrected chi connectivity index (χ3v) is 7.63. The highest BCUT2D eigenvalue weighted by Crippen LogP contribution is 2.42. The van der Waals surface area contributed by atoms with E-state index in [1.54, 1.807) is 6.07 Å². The van der Waals surface area contributed by atoms with Gasteiger partial charge in [-0.05, 0) is 68.2 Å². The fraction of sp³-hybridized carbons (Fsp3) is 0.542. The van der Waals surface area contributed by atoms with Crippen LogP contribution in [0.5, 0.6) is 0 Å². The number of nitrogens with zero attached hydrogens (tertiary/aromatic N) is 4. The molecule has 5 heteroatoms. The Labute approximate surface area is 172 Å². The lowest BCUT2D eigenvalue weighted by atomic mass is 9.71. The van der Waals surface area contributed by atoms with Crippen LogP contribution in [0.25, 0.3) is 0 Å². The zero-order valence-corrected chi connectivity index (χ0v) is 16.9. The summed E-state index contributed by atoms with van der Waals surface area (Å²) in [5.74, 6) is 2.78. The Kier molecular flexibility index (Phi) is 4.17. The number of hydrogen-bond acceptors (Lipinski definition) is 4. The zero-order chi connectivity index (χ0) is 19.4. The summed E-state index contributed by atoms with van der Waals surface area (Å²) in [5.41, 5.74) is 2.36. The van der Waals surface area contributed by atoms with Crippen LogP contribution in [-0.4, -0.2) is 43.2 Å². The molecule has 5 heterocycles. The Morgan fingerprint density at radius 1 is 0.862 bits per heavy atom. The maximum Gasteiger partial charge on any atom is 0.130 e. The second-order valence-electron chi connectivity index (χ2n) is 9.41. The molecule has 0 spiro atoms. The van der Waals surface area contributed by atoms with E-state index in [1.165, 1.54) is 44.1 Å². The van der Waals surface area contributed by atoms with Crippen LogP contribution in [0.15, 0.2) is 42.6 Å². The molecule has 5 fully saturated rings. The molecule has 5 aliphatic rings. The van der Waals surface area contributed by atoms with Crippen LogP contribution in [0.2, 0.25) is 0 Å². The maximum absolute atomic E-state index is 13.8. The van der Waals surface area contributed by atoms with Crippen molar-refractivity contribution in [3.63, 3.8) is 0 Å². The van der Waals surface area contributed by atoms with Crippen molar-refractivity contribution in [2.75, 3.05) is 40.9 Å². The van der Waals surface area contributed by atoms with Crippen molar-refractivity contribution in [2.24, 2.45) is 11.8 Å². The highest BCUT2D eigenvalue weighted by atomic mass is 19.1. The molecule has 7 rings (SSSR count). The summed E-state index contributed by atoms with van der Waals surface area (Å²) in [4.78, 5) is 12.3. The standard InChI is InChI=1S/C24H29FN4/c25-19-3-1-4-21(13-19)28-9-2-5-22-23(28)7-10-29(22)24-14-20(6-8-26-24)27-15-17-11-18(12-17)16-27/h1,3-4,6,8,13-14,17-18,22-23H,2,5,7,9-12,15-16H2/t17?,18?,22-,23-/m1/s1. The first kappa shape index (κ1) is 17.5. The Morgan fingerprint density at radius 2 is 1.69 bits per heavy atom. The lowest BCUT2D eigenvalue weighted by Crippen LogP contribution is -2.50. The second kappa shape index (κ2) is 6.89. The van der Waals surface area contributed by atoms with Crippen molar-refractivity contribution in [1.82, 2.24) is 4.98 Å². The minimum atomic E-state index is -0.145. The van der Waals surface area contributed by atoms with Crippen molar-refractivity contribution >= 4 is 17.2 Å². The van der Waals surface area contributed by atoms with E-state index in [9.17, 15) is 4.39 Å². The van der Waals surface area contributed by atoms with Crippen LogP contribution < -0.4 is 14.7 Å². The largest absolute Gasteiger partial charge is 0.371 e. The molecule has 4 aliphatic heterocycles. The third kappa shape index (κ3) is 3.06. The average Bonchev–Trinajstić information content (AvgIpc) is 3.18. The van der Waals surface area contributed by atoms with Gasteiger partial charge in [-0.25, -0.2) is 9.37 Å². The van der Waals surface area contributed by atoms with Gasteiger partial charge in [0.2, 0.25) is 0 Å². The van der Waals surface area contributed by atoms with E-state index in [2.05, 4.69) is 32.9 Å². The van der Waals surface area contributed by atoms with Crippen LogP contribution in [0.4, 0.5) is 21.6 Å². The van der Waals surface area contributed by atoms with E-state index in [0.717, 1.165) is 49.3 Å². The van der Waals surface area contributed by atoms with Gasteiger partial charge < -0.3 is 14.7 Å². The number of rotatable bonds is 3. The first-order valence-corrected chi connectivity index (χ1v) is 11.2. The number of piperidine rings is 3. The van der Waals surface area contributed by atoms with E-state index in [0.29, 0.717) is 12.1 Å². The fourth-order valence-corrected chi connectivity index (χ4v) is 6.29. The average molecular weight is 393 g/mol. The van der Waals surface area contributed by atoms with Crippen molar-refractivity contribution in [2.45, 2.75) is 44.2 Å². The molecule has 4 saturated heterocycles. The second-order valence-corrected chi connectivity index (χ2v) is 9.41. The smallest absolute Gasteiger partial charge is 0.130 e. The van der Waals surface area contributed by atoms with Gasteiger partial charge in [0.05, 0.1) is 12.1 Å². The third-order valence-electron chi connectivity index (χ3n) is 7.63. The van der Waals surface area contributed by atoms with Gasteiger partial charge in [0.1, 0.15) is 11.6 Å². The van der Waals surface area contributed by atoms with E-state index < -0.39 is 0 Å². The summed E-state index contributed by atoms with van der Waals surface area (Å²) >= 11 is 0. The molecule has 2 bridgehead atoms. The topological polar surface area (TPSA) is 22.6 Å². The summed E-state index contributed by atoms with van der Waals surface area (Å²) in [5, 5.41) is 0. The first-order chi connectivity index (χ1) is 14.2. The van der Waals surface area contributed by atoms with E-state index in [1.807, 2.05) is 12.3 Å².